The van der Waals surface area contributed by atoms with Crippen molar-refractivity contribution in [3.05, 3.63) is 28.8 Å². The highest BCUT2D eigenvalue weighted by molar-refractivity contribution is 6.30. The zero-order chi connectivity index (χ0) is 10.6. The minimum atomic E-state index is 0.258. The fourth-order valence-corrected chi connectivity index (χ4v) is 1.64. The van der Waals surface area contributed by atoms with Crippen molar-refractivity contribution in [1.29, 1.82) is 0 Å². The van der Waals surface area contributed by atoms with Crippen molar-refractivity contribution in [2.24, 2.45) is 0 Å². The Bertz CT molecular complexity index is 301. The highest BCUT2D eigenvalue weighted by atomic mass is 35.5. The molecule has 0 saturated heterocycles. The molecule has 2 nitrogen and oxygen atoms in total. The van der Waals surface area contributed by atoms with Crippen LogP contribution in [0.4, 0.5) is 0 Å². The van der Waals surface area contributed by atoms with Gasteiger partial charge < -0.3 is 10.1 Å². The summed E-state index contributed by atoms with van der Waals surface area (Å²) in [4.78, 5) is 0. The van der Waals surface area contributed by atoms with E-state index in [4.69, 9.17) is 16.3 Å². The van der Waals surface area contributed by atoms with Crippen molar-refractivity contribution >= 4 is 11.6 Å². The summed E-state index contributed by atoms with van der Waals surface area (Å²) in [5.74, 6) is 0.878. The molecule has 1 unspecified atom stereocenters. The van der Waals surface area contributed by atoms with Crippen LogP contribution in [0.2, 0.25) is 5.02 Å². The van der Waals surface area contributed by atoms with Crippen molar-refractivity contribution in [2.75, 3.05) is 13.7 Å². The third-order valence-corrected chi connectivity index (χ3v) is 2.40. The fraction of sp³-hybridized carbons (Fsp3) is 0.455. The summed E-state index contributed by atoms with van der Waals surface area (Å²) in [6.45, 7) is 5.10. The zero-order valence-electron chi connectivity index (χ0n) is 8.80. The molecule has 78 valence electrons. The normalized spacial score (nSPS) is 12.6. The molecule has 0 radical (unpaired) electrons. The fourth-order valence-electron chi connectivity index (χ4n) is 1.46. The third kappa shape index (κ3) is 2.63. The Morgan fingerprint density at radius 1 is 1.50 bits per heavy atom. The number of hydrogen-bond donors (Lipinski definition) is 1. The second-order valence-corrected chi connectivity index (χ2v) is 3.60. The first-order valence-electron chi connectivity index (χ1n) is 4.75. The van der Waals surface area contributed by atoms with Crippen molar-refractivity contribution in [2.45, 2.75) is 19.9 Å². The summed E-state index contributed by atoms with van der Waals surface area (Å²) in [5, 5.41) is 4.07. The molecular weight excluding hydrogens is 198 g/mol. The first kappa shape index (κ1) is 11.3. The van der Waals surface area contributed by atoms with E-state index in [0.29, 0.717) is 0 Å². The minimum absolute atomic E-state index is 0.258. The van der Waals surface area contributed by atoms with E-state index in [1.807, 2.05) is 18.2 Å². The Labute approximate surface area is 90.2 Å². The van der Waals surface area contributed by atoms with Crippen LogP contribution in [-0.4, -0.2) is 13.7 Å². The lowest BCUT2D eigenvalue weighted by Crippen LogP contribution is -2.18. The van der Waals surface area contributed by atoms with Crippen molar-refractivity contribution in [3.8, 4) is 5.75 Å². The lowest BCUT2D eigenvalue weighted by molar-refractivity contribution is 0.402. The summed E-state index contributed by atoms with van der Waals surface area (Å²) >= 11 is 5.93. The zero-order valence-corrected chi connectivity index (χ0v) is 9.56. The molecule has 0 aliphatic rings. The Kier molecular flexibility index (Phi) is 4.23. The predicted octanol–water partition coefficient (Wildman–Crippen LogP) is 3.02. The highest BCUT2D eigenvalue weighted by Gasteiger charge is 2.10. The van der Waals surface area contributed by atoms with Gasteiger partial charge in [-0.05, 0) is 31.7 Å². The second-order valence-electron chi connectivity index (χ2n) is 3.17. The standard InChI is InChI=1S/C11H16ClNO/c1-4-13-8(2)10-7-9(12)5-6-11(10)14-3/h5-8,13H,4H2,1-3H3. The first-order chi connectivity index (χ1) is 6.69. The van der Waals surface area contributed by atoms with E-state index >= 15 is 0 Å². The predicted molar refractivity (Wildman–Crippen MR) is 60.1 cm³/mol. The quantitative estimate of drug-likeness (QED) is 0.830. The van der Waals surface area contributed by atoms with E-state index in [0.717, 1.165) is 22.9 Å². The third-order valence-electron chi connectivity index (χ3n) is 2.17. The first-order valence-corrected chi connectivity index (χ1v) is 5.13. The molecule has 0 amide bonds. The smallest absolute Gasteiger partial charge is 0.123 e. The molecule has 1 aromatic rings. The van der Waals surface area contributed by atoms with E-state index in [1.165, 1.54) is 0 Å². The number of ether oxygens (including phenoxy) is 1. The van der Waals surface area contributed by atoms with Crippen LogP contribution >= 0.6 is 11.6 Å². The molecule has 1 N–H and O–H groups in total. The van der Waals surface area contributed by atoms with Crippen LogP contribution in [0, 0.1) is 0 Å². The SMILES string of the molecule is CCNC(C)c1cc(Cl)ccc1OC. The van der Waals surface area contributed by atoms with Crippen LogP contribution in [-0.2, 0) is 0 Å². The molecule has 0 aliphatic carbocycles. The number of rotatable bonds is 4. The molecule has 0 fully saturated rings. The van der Waals surface area contributed by atoms with Gasteiger partial charge in [0.2, 0.25) is 0 Å². The number of halogens is 1. The summed E-state index contributed by atoms with van der Waals surface area (Å²) in [5.41, 5.74) is 1.10. The molecule has 0 saturated carbocycles. The van der Waals surface area contributed by atoms with Gasteiger partial charge >= 0.3 is 0 Å². The van der Waals surface area contributed by atoms with Crippen molar-refractivity contribution in [3.63, 3.8) is 0 Å². The van der Waals surface area contributed by atoms with Gasteiger partial charge in [0.05, 0.1) is 7.11 Å². The Balaban J connectivity index is 2.97. The Morgan fingerprint density at radius 3 is 2.79 bits per heavy atom. The second kappa shape index (κ2) is 5.23. The maximum atomic E-state index is 5.93. The van der Waals surface area contributed by atoms with Gasteiger partial charge in [0.15, 0.2) is 0 Å². The van der Waals surface area contributed by atoms with Crippen LogP contribution < -0.4 is 10.1 Å². The summed E-state index contributed by atoms with van der Waals surface area (Å²) in [7, 11) is 1.67. The molecule has 0 aliphatic heterocycles. The van der Waals surface area contributed by atoms with Gasteiger partial charge in [0.25, 0.3) is 0 Å². The van der Waals surface area contributed by atoms with Gasteiger partial charge in [-0.25, -0.2) is 0 Å². The maximum Gasteiger partial charge on any atom is 0.123 e. The number of hydrogen-bond acceptors (Lipinski definition) is 2. The van der Waals surface area contributed by atoms with E-state index < -0.39 is 0 Å². The van der Waals surface area contributed by atoms with E-state index in [2.05, 4.69) is 19.2 Å². The molecule has 1 atom stereocenters. The molecule has 3 heteroatoms. The van der Waals surface area contributed by atoms with Crippen LogP contribution in [0.1, 0.15) is 25.5 Å². The minimum Gasteiger partial charge on any atom is -0.496 e. The Morgan fingerprint density at radius 2 is 2.21 bits per heavy atom. The Hall–Kier alpha value is -0.730. The summed E-state index contributed by atoms with van der Waals surface area (Å²) in [6, 6.07) is 5.93. The summed E-state index contributed by atoms with van der Waals surface area (Å²) in [6.07, 6.45) is 0. The lowest BCUT2D eigenvalue weighted by atomic mass is 10.1. The van der Waals surface area contributed by atoms with Gasteiger partial charge in [0.1, 0.15) is 5.75 Å². The molecule has 14 heavy (non-hydrogen) atoms. The molecule has 0 spiro atoms. The van der Waals surface area contributed by atoms with Crippen LogP contribution in [0.25, 0.3) is 0 Å². The topological polar surface area (TPSA) is 21.3 Å². The number of benzene rings is 1. The average molecular weight is 214 g/mol. The van der Waals surface area contributed by atoms with Crippen LogP contribution in [0.15, 0.2) is 18.2 Å². The van der Waals surface area contributed by atoms with Gasteiger partial charge in [-0.15, -0.1) is 0 Å². The van der Waals surface area contributed by atoms with E-state index in [-0.39, 0.29) is 6.04 Å². The lowest BCUT2D eigenvalue weighted by Gasteiger charge is -2.16. The molecule has 1 rings (SSSR count). The molecular formula is C11H16ClNO. The summed E-state index contributed by atoms with van der Waals surface area (Å²) < 4.78 is 5.27. The van der Waals surface area contributed by atoms with Gasteiger partial charge in [-0.1, -0.05) is 18.5 Å². The molecule has 0 heterocycles. The van der Waals surface area contributed by atoms with Gasteiger partial charge in [0, 0.05) is 16.6 Å². The maximum absolute atomic E-state index is 5.93. The van der Waals surface area contributed by atoms with Crippen LogP contribution in [0.3, 0.4) is 0 Å². The van der Waals surface area contributed by atoms with Gasteiger partial charge in [-0.2, -0.15) is 0 Å². The molecule has 0 aromatic heterocycles. The molecule has 0 bridgehead atoms. The molecule has 1 aromatic carbocycles. The van der Waals surface area contributed by atoms with E-state index in [1.54, 1.807) is 7.11 Å². The monoisotopic (exact) mass is 213 g/mol. The largest absolute Gasteiger partial charge is 0.496 e. The van der Waals surface area contributed by atoms with Crippen LogP contribution in [0.5, 0.6) is 5.75 Å². The number of nitrogens with one attached hydrogen (secondary N) is 1. The van der Waals surface area contributed by atoms with Crippen molar-refractivity contribution < 1.29 is 4.74 Å². The number of methoxy groups -OCH3 is 1. The van der Waals surface area contributed by atoms with E-state index in [9.17, 15) is 0 Å². The van der Waals surface area contributed by atoms with Gasteiger partial charge in [-0.3, -0.25) is 0 Å². The average Bonchev–Trinajstić information content (AvgIpc) is 2.18. The highest BCUT2D eigenvalue weighted by Crippen LogP contribution is 2.27. The van der Waals surface area contributed by atoms with Crippen molar-refractivity contribution in [1.82, 2.24) is 5.32 Å².